The molecule has 6 nitrogen and oxygen atoms in total. The lowest BCUT2D eigenvalue weighted by molar-refractivity contribution is -0.0124. The number of aromatic nitrogens is 1. The van der Waals surface area contributed by atoms with Crippen LogP contribution in [0.5, 0.6) is 5.88 Å². The van der Waals surface area contributed by atoms with Crippen LogP contribution in [0.15, 0.2) is 39.3 Å². The van der Waals surface area contributed by atoms with Crippen molar-refractivity contribution < 1.29 is 14.1 Å². The summed E-state index contributed by atoms with van der Waals surface area (Å²) in [5, 5.41) is 8.00. The summed E-state index contributed by atoms with van der Waals surface area (Å²) in [6, 6.07) is 0.276. The van der Waals surface area contributed by atoms with Gasteiger partial charge in [-0.1, -0.05) is 31.9 Å². The Balaban J connectivity index is 0.00000274. The van der Waals surface area contributed by atoms with Crippen LogP contribution >= 0.6 is 24.2 Å². The number of rotatable bonds is 9. The second-order valence-corrected chi connectivity index (χ2v) is 11.5. The van der Waals surface area contributed by atoms with Gasteiger partial charge in [0.15, 0.2) is 0 Å². The van der Waals surface area contributed by atoms with Crippen LogP contribution < -0.4 is 10.1 Å². The average Bonchev–Trinajstić information content (AvgIpc) is 3.21. The van der Waals surface area contributed by atoms with Crippen molar-refractivity contribution >= 4 is 36.3 Å². The normalized spacial score (nSPS) is 30.5. The fourth-order valence-corrected chi connectivity index (χ4v) is 8.01. The number of aliphatic imine (C=N–C) groups is 1. The predicted molar refractivity (Wildman–Crippen MR) is 138 cm³/mol. The van der Waals surface area contributed by atoms with Gasteiger partial charge in [-0.15, -0.1) is 24.2 Å². The number of nitrogens with zero attached hydrogens (tertiary/aromatic N) is 2. The highest BCUT2D eigenvalue weighted by Crippen LogP contribution is 2.53. The molecule has 5 aliphatic rings. The zero-order valence-corrected chi connectivity index (χ0v) is 21.3. The smallest absolute Gasteiger partial charge is 0.291 e. The van der Waals surface area contributed by atoms with Crippen LogP contribution in [-0.2, 0) is 0 Å². The first kappa shape index (κ1) is 25.4. The van der Waals surface area contributed by atoms with E-state index in [1.807, 2.05) is 0 Å². The molecule has 1 aromatic rings. The SMILES string of the molecule is C=CC=N/C=C/COc1noc(C(=O)NC2C3CC4CC(C3)CC2C4)c1SC1CCCCC1.Cl. The third kappa shape index (κ3) is 5.73. The molecule has 34 heavy (non-hydrogen) atoms. The molecule has 1 amide bonds. The minimum atomic E-state index is -0.126. The molecule has 0 atom stereocenters. The van der Waals surface area contributed by atoms with E-state index < -0.39 is 0 Å². The van der Waals surface area contributed by atoms with Gasteiger partial charge in [0.1, 0.15) is 11.5 Å². The maximum atomic E-state index is 13.4. The molecule has 6 rings (SSSR count). The van der Waals surface area contributed by atoms with Crippen LogP contribution in [0.1, 0.15) is 74.8 Å². The third-order valence-electron chi connectivity index (χ3n) is 7.89. The lowest BCUT2D eigenvalue weighted by Crippen LogP contribution is -2.55. The lowest BCUT2D eigenvalue weighted by Gasteiger charge is -2.54. The minimum absolute atomic E-state index is 0. The Bertz CT molecular complexity index is 881. The molecule has 0 aliphatic heterocycles. The number of hydrogen-bond acceptors (Lipinski definition) is 6. The molecule has 0 spiro atoms. The molecule has 5 saturated carbocycles. The Morgan fingerprint density at radius 1 is 1.15 bits per heavy atom. The topological polar surface area (TPSA) is 76.7 Å². The molecule has 1 aromatic heterocycles. The van der Waals surface area contributed by atoms with Crippen LogP contribution in [0, 0.1) is 23.7 Å². The van der Waals surface area contributed by atoms with Crippen molar-refractivity contribution in [2.75, 3.05) is 6.61 Å². The predicted octanol–water partition coefficient (Wildman–Crippen LogP) is 6.23. The number of ether oxygens (including phenoxy) is 1. The number of hydrogen-bond donors (Lipinski definition) is 1. The Morgan fingerprint density at radius 3 is 2.53 bits per heavy atom. The van der Waals surface area contributed by atoms with E-state index >= 15 is 0 Å². The summed E-state index contributed by atoms with van der Waals surface area (Å²) in [7, 11) is 0. The molecular weight excluding hydrogens is 470 g/mol. The first-order valence-corrected chi connectivity index (χ1v) is 13.5. The van der Waals surface area contributed by atoms with E-state index in [-0.39, 0.29) is 24.4 Å². The molecule has 0 unspecified atom stereocenters. The van der Waals surface area contributed by atoms with Crippen molar-refractivity contribution in [2.24, 2.45) is 28.7 Å². The second kappa shape index (κ2) is 11.8. The Kier molecular flexibility index (Phi) is 8.81. The van der Waals surface area contributed by atoms with Gasteiger partial charge in [0.05, 0.1) is 0 Å². The summed E-state index contributed by atoms with van der Waals surface area (Å²) >= 11 is 1.71. The van der Waals surface area contributed by atoms with Crippen LogP contribution in [0.3, 0.4) is 0 Å². The van der Waals surface area contributed by atoms with Crippen LogP contribution in [0.25, 0.3) is 0 Å². The first-order valence-electron chi connectivity index (χ1n) is 12.6. The van der Waals surface area contributed by atoms with Crippen molar-refractivity contribution in [3.63, 3.8) is 0 Å². The number of amides is 1. The largest absolute Gasteiger partial charge is 0.470 e. The summed E-state index contributed by atoms with van der Waals surface area (Å²) in [5.74, 6) is 3.62. The van der Waals surface area contributed by atoms with Gasteiger partial charge in [-0.05, 0) is 79.9 Å². The van der Waals surface area contributed by atoms with E-state index in [0.29, 0.717) is 35.3 Å². The highest BCUT2D eigenvalue weighted by atomic mass is 35.5. The quantitative estimate of drug-likeness (QED) is 0.403. The van der Waals surface area contributed by atoms with Crippen LogP contribution in [0.2, 0.25) is 0 Å². The molecule has 186 valence electrons. The maximum Gasteiger partial charge on any atom is 0.291 e. The number of nitrogens with one attached hydrogen (secondary N) is 1. The number of halogens is 1. The molecule has 8 heteroatoms. The van der Waals surface area contributed by atoms with E-state index in [4.69, 9.17) is 9.26 Å². The summed E-state index contributed by atoms with van der Waals surface area (Å²) in [4.78, 5) is 18.2. The summed E-state index contributed by atoms with van der Waals surface area (Å²) in [6.45, 7) is 3.92. The van der Waals surface area contributed by atoms with Gasteiger partial charge in [0.25, 0.3) is 11.8 Å². The Labute approximate surface area is 212 Å². The van der Waals surface area contributed by atoms with Crippen molar-refractivity contribution in [2.45, 2.75) is 80.4 Å². The van der Waals surface area contributed by atoms with Gasteiger partial charge in [0, 0.05) is 23.7 Å². The summed E-state index contributed by atoms with van der Waals surface area (Å²) < 4.78 is 11.5. The maximum absolute atomic E-state index is 13.4. The van der Waals surface area contributed by atoms with Gasteiger partial charge in [0.2, 0.25) is 5.76 Å². The lowest BCUT2D eigenvalue weighted by atomic mass is 9.54. The highest BCUT2D eigenvalue weighted by molar-refractivity contribution is 8.00. The molecule has 0 aromatic carbocycles. The van der Waals surface area contributed by atoms with Crippen molar-refractivity contribution in [3.8, 4) is 5.88 Å². The summed E-state index contributed by atoms with van der Waals surface area (Å²) in [5.41, 5.74) is 0. The highest BCUT2D eigenvalue weighted by Gasteiger charge is 2.49. The van der Waals surface area contributed by atoms with E-state index in [1.165, 1.54) is 51.4 Å². The van der Waals surface area contributed by atoms with E-state index in [0.717, 1.165) is 29.6 Å². The molecule has 1 N–H and O–H groups in total. The van der Waals surface area contributed by atoms with Gasteiger partial charge in [-0.25, -0.2) is 0 Å². The molecular formula is C26H36ClN3O3S. The number of carbonyl (C=O) groups excluding carboxylic acids is 1. The van der Waals surface area contributed by atoms with Crippen molar-refractivity contribution in [1.29, 1.82) is 0 Å². The van der Waals surface area contributed by atoms with E-state index in [2.05, 4.69) is 22.0 Å². The number of allylic oxidation sites excluding steroid dienone is 1. The van der Waals surface area contributed by atoms with Crippen molar-refractivity contribution in [3.05, 3.63) is 30.7 Å². The summed E-state index contributed by atoms with van der Waals surface area (Å²) in [6.07, 6.45) is 19.3. The Morgan fingerprint density at radius 2 is 1.85 bits per heavy atom. The molecule has 5 fully saturated rings. The monoisotopic (exact) mass is 505 g/mol. The van der Waals surface area contributed by atoms with Gasteiger partial charge < -0.3 is 14.6 Å². The molecule has 5 aliphatic carbocycles. The minimum Gasteiger partial charge on any atom is -0.470 e. The fourth-order valence-electron chi connectivity index (χ4n) is 6.68. The van der Waals surface area contributed by atoms with Gasteiger partial charge in [-0.2, -0.15) is 0 Å². The zero-order chi connectivity index (χ0) is 22.6. The molecule has 1 heterocycles. The second-order valence-electron chi connectivity index (χ2n) is 10.2. The third-order valence-corrected chi connectivity index (χ3v) is 9.29. The van der Waals surface area contributed by atoms with Gasteiger partial charge in [-0.3, -0.25) is 9.79 Å². The van der Waals surface area contributed by atoms with E-state index in [1.54, 1.807) is 36.3 Å². The first-order chi connectivity index (χ1) is 16.2. The van der Waals surface area contributed by atoms with Crippen molar-refractivity contribution in [1.82, 2.24) is 10.5 Å². The number of thioether (sulfide) groups is 1. The molecule has 0 saturated heterocycles. The number of carbonyl (C=O) groups is 1. The van der Waals surface area contributed by atoms with E-state index in [9.17, 15) is 4.79 Å². The average molecular weight is 506 g/mol. The zero-order valence-electron chi connectivity index (χ0n) is 19.7. The molecule has 4 bridgehead atoms. The van der Waals surface area contributed by atoms with Gasteiger partial charge >= 0.3 is 0 Å². The molecule has 0 radical (unpaired) electrons. The standard InChI is InChI=1S/C26H35N3O3S.ClH/c1-2-9-27-10-6-11-31-26-24(33-21-7-4-3-5-8-21)23(32-29-26)25(30)28-22-19-13-17-12-18(15-19)16-20(22)14-17;/h2,6,9-10,17-22H,1,3-5,7-8,11-16H2,(H,28,30);1H/b10-6+,27-9?;. The van der Waals surface area contributed by atoms with Crippen LogP contribution in [0.4, 0.5) is 0 Å². The van der Waals surface area contributed by atoms with Crippen LogP contribution in [-0.4, -0.2) is 35.2 Å². The fraction of sp³-hybridized carbons (Fsp3) is 0.654. The Hall–Kier alpha value is -1.73.